The van der Waals surface area contributed by atoms with Gasteiger partial charge in [-0.2, -0.15) is 4.72 Å². The third-order valence-electron chi connectivity index (χ3n) is 3.27. The standard InChI is InChI=1S/C13H17BrN2O3S/c1-9-8-10(5-6-11(9)14)20(18,19)16-12-4-2-3-7-15-13(12)17/h5-6,8,12,16H,2-4,7H2,1H3,(H,15,17). The number of carbonyl (C=O) groups is 1. The van der Waals surface area contributed by atoms with Crippen molar-refractivity contribution in [3.05, 3.63) is 28.2 Å². The molecule has 1 aliphatic heterocycles. The molecule has 0 saturated carbocycles. The average Bonchev–Trinajstić information content (AvgIpc) is 2.58. The number of carbonyl (C=O) groups excluding carboxylic acids is 1. The minimum atomic E-state index is -3.68. The second-order valence-corrected chi connectivity index (χ2v) is 7.44. The van der Waals surface area contributed by atoms with Gasteiger partial charge in [0.1, 0.15) is 6.04 Å². The maximum atomic E-state index is 12.3. The van der Waals surface area contributed by atoms with E-state index in [4.69, 9.17) is 0 Å². The Balaban J connectivity index is 2.21. The Bertz CT molecular complexity index is 616. The van der Waals surface area contributed by atoms with Crippen molar-refractivity contribution >= 4 is 31.9 Å². The topological polar surface area (TPSA) is 75.3 Å². The molecular formula is C13H17BrN2O3S. The summed E-state index contributed by atoms with van der Waals surface area (Å²) in [5, 5.41) is 2.72. The molecule has 0 bridgehead atoms. The molecule has 1 aliphatic rings. The summed E-state index contributed by atoms with van der Waals surface area (Å²) in [5.41, 5.74) is 0.832. The van der Waals surface area contributed by atoms with Crippen molar-refractivity contribution in [2.24, 2.45) is 0 Å². The van der Waals surface area contributed by atoms with Gasteiger partial charge in [0.15, 0.2) is 0 Å². The summed E-state index contributed by atoms with van der Waals surface area (Å²) in [4.78, 5) is 12.0. The first kappa shape index (κ1) is 15.5. The molecule has 1 aromatic carbocycles. The molecule has 20 heavy (non-hydrogen) atoms. The van der Waals surface area contributed by atoms with Crippen LogP contribution in [0.2, 0.25) is 0 Å². The fraction of sp³-hybridized carbons (Fsp3) is 0.462. The number of sulfonamides is 1. The molecule has 1 aromatic rings. The van der Waals surface area contributed by atoms with E-state index < -0.39 is 16.1 Å². The number of nitrogens with one attached hydrogen (secondary N) is 2. The highest BCUT2D eigenvalue weighted by Crippen LogP contribution is 2.20. The molecule has 0 spiro atoms. The van der Waals surface area contributed by atoms with E-state index in [1.54, 1.807) is 12.1 Å². The first-order valence-electron chi connectivity index (χ1n) is 6.46. The first-order valence-corrected chi connectivity index (χ1v) is 8.74. The summed E-state index contributed by atoms with van der Waals surface area (Å²) in [5.74, 6) is -0.250. The van der Waals surface area contributed by atoms with Crippen LogP contribution in [0.1, 0.15) is 24.8 Å². The Morgan fingerprint density at radius 1 is 1.35 bits per heavy atom. The Hall–Kier alpha value is -0.920. The summed E-state index contributed by atoms with van der Waals surface area (Å²) in [6.45, 7) is 2.43. The molecule has 7 heteroatoms. The Kier molecular flexibility index (Phi) is 4.82. The first-order chi connectivity index (χ1) is 9.40. The highest BCUT2D eigenvalue weighted by molar-refractivity contribution is 9.10. The van der Waals surface area contributed by atoms with Gasteiger partial charge in [-0.15, -0.1) is 0 Å². The molecular weight excluding hydrogens is 344 g/mol. The number of hydrogen-bond acceptors (Lipinski definition) is 3. The van der Waals surface area contributed by atoms with Crippen molar-refractivity contribution in [3.63, 3.8) is 0 Å². The molecule has 0 aromatic heterocycles. The van der Waals surface area contributed by atoms with Gasteiger partial charge in [0.25, 0.3) is 0 Å². The number of benzene rings is 1. The van der Waals surface area contributed by atoms with E-state index in [0.717, 1.165) is 22.9 Å². The third kappa shape index (κ3) is 3.59. The minimum absolute atomic E-state index is 0.176. The summed E-state index contributed by atoms with van der Waals surface area (Å²) < 4.78 is 28.0. The van der Waals surface area contributed by atoms with Crippen LogP contribution in [0.15, 0.2) is 27.6 Å². The van der Waals surface area contributed by atoms with Crippen molar-refractivity contribution in [3.8, 4) is 0 Å². The molecule has 1 unspecified atom stereocenters. The molecule has 1 fully saturated rings. The van der Waals surface area contributed by atoms with Gasteiger partial charge in [-0.05, 0) is 49.9 Å². The van der Waals surface area contributed by atoms with Crippen LogP contribution in [0, 0.1) is 6.92 Å². The number of hydrogen-bond donors (Lipinski definition) is 2. The Morgan fingerprint density at radius 2 is 2.10 bits per heavy atom. The highest BCUT2D eigenvalue weighted by Gasteiger charge is 2.26. The van der Waals surface area contributed by atoms with E-state index in [2.05, 4.69) is 26.0 Å². The molecule has 2 N–H and O–H groups in total. The van der Waals surface area contributed by atoms with Crippen LogP contribution in [-0.4, -0.2) is 26.9 Å². The molecule has 1 heterocycles. The van der Waals surface area contributed by atoms with Crippen molar-refractivity contribution in [1.82, 2.24) is 10.0 Å². The quantitative estimate of drug-likeness (QED) is 0.861. The number of aryl methyl sites for hydroxylation is 1. The van der Waals surface area contributed by atoms with Gasteiger partial charge in [0.2, 0.25) is 15.9 Å². The van der Waals surface area contributed by atoms with Crippen LogP contribution in [0.25, 0.3) is 0 Å². The van der Waals surface area contributed by atoms with E-state index in [9.17, 15) is 13.2 Å². The van der Waals surface area contributed by atoms with E-state index in [1.807, 2.05) is 6.92 Å². The van der Waals surface area contributed by atoms with E-state index in [0.29, 0.717) is 13.0 Å². The lowest BCUT2D eigenvalue weighted by Crippen LogP contribution is -2.45. The number of halogens is 1. The minimum Gasteiger partial charge on any atom is -0.355 e. The van der Waals surface area contributed by atoms with Gasteiger partial charge >= 0.3 is 0 Å². The summed E-state index contributed by atoms with van der Waals surface area (Å²) in [6.07, 6.45) is 2.23. The lowest BCUT2D eigenvalue weighted by atomic mass is 10.1. The third-order valence-corrected chi connectivity index (χ3v) is 5.63. The largest absolute Gasteiger partial charge is 0.355 e. The van der Waals surface area contributed by atoms with Crippen LogP contribution in [0.4, 0.5) is 0 Å². The van der Waals surface area contributed by atoms with E-state index >= 15 is 0 Å². The lowest BCUT2D eigenvalue weighted by molar-refractivity contribution is -0.122. The summed E-state index contributed by atoms with van der Waals surface area (Å²) in [6, 6.07) is 4.11. The lowest BCUT2D eigenvalue weighted by Gasteiger charge is -2.15. The monoisotopic (exact) mass is 360 g/mol. The van der Waals surface area contributed by atoms with Gasteiger partial charge in [0.05, 0.1) is 4.90 Å². The fourth-order valence-corrected chi connectivity index (χ4v) is 3.65. The molecule has 0 radical (unpaired) electrons. The van der Waals surface area contributed by atoms with Gasteiger partial charge < -0.3 is 5.32 Å². The normalized spacial score (nSPS) is 20.3. The predicted octanol–water partition coefficient (Wildman–Crippen LogP) is 1.70. The fourth-order valence-electron chi connectivity index (χ4n) is 2.09. The number of rotatable bonds is 3. The van der Waals surface area contributed by atoms with Crippen LogP contribution in [-0.2, 0) is 14.8 Å². The van der Waals surface area contributed by atoms with E-state index in [1.165, 1.54) is 6.07 Å². The average molecular weight is 361 g/mol. The maximum Gasteiger partial charge on any atom is 0.241 e. The van der Waals surface area contributed by atoms with Crippen LogP contribution in [0.5, 0.6) is 0 Å². The Labute approximate surface area is 127 Å². The van der Waals surface area contributed by atoms with Crippen molar-refractivity contribution in [1.29, 1.82) is 0 Å². The molecule has 1 atom stereocenters. The van der Waals surface area contributed by atoms with Gasteiger partial charge in [-0.3, -0.25) is 4.79 Å². The molecule has 110 valence electrons. The van der Waals surface area contributed by atoms with Crippen LogP contribution >= 0.6 is 15.9 Å². The second-order valence-electron chi connectivity index (χ2n) is 4.87. The Morgan fingerprint density at radius 3 is 2.80 bits per heavy atom. The zero-order valence-corrected chi connectivity index (χ0v) is 13.6. The molecule has 1 amide bonds. The second kappa shape index (κ2) is 6.24. The summed E-state index contributed by atoms with van der Waals surface area (Å²) >= 11 is 3.34. The molecule has 0 aliphatic carbocycles. The highest BCUT2D eigenvalue weighted by atomic mass is 79.9. The van der Waals surface area contributed by atoms with Gasteiger partial charge in [0, 0.05) is 11.0 Å². The van der Waals surface area contributed by atoms with Crippen LogP contribution < -0.4 is 10.0 Å². The zero-order chi connectivity index (χ0) is 14.8. The smallest absolute Gasteiger partial charge is 0.241 e. The molecule has 5 nitrogen and oxygen atoms in total. The van der Waals surface area contributed by atoms with Crippen molar-refractivity contribution in [2.75, 3.05) is 6.54 Å². The summed E-state index contributed by atoms with van der Waals surface area (Å²) in [7, 11) is -3.68. The number of amides is 1. The van der Waals surface area contributed by atoms with Crippen molar-refractivity contribution in [2.45, 2.75) is 37.1 Å². The van der Waals surface area contributed by atoms with Gasteiger partial charge in [-0.1, -0.05) is 15.9 Å². The SMILES string of the molecule is Cc1cc(S(=O)(=O)NC2CCCCNC2=O)ccc1Br. The molecule has 1 saturated heterocycles. The maximum absolute atomic E-state index is 12.3. The van der Waals surface area contributed by atoms with E-state index in [-0.39, 0.29) is 10.8 Å². The predicted molar refractivity (Wildman–Crippen MR) is 79.8 cm³/mol. The van der Waals surface area contributed by atoms with Crippen molar-refractivity contribution < 1.29 is 13.2 Å². The molecule has 2 rings (SSSR count). The van der Waals surface area contributed by atoms with Gasteiger partial charge in [-0.25, -0.2) is 8.42 Å². The zero-order valence-electron chi connectivity index (χ0n) is 11.1. The van der Waals surface area contributed by atoms with Crippen LogP contribution in [0.3, 0.4) is 0 Å².